The van der Waals surface area contributed by atoms with Gasteiger partial charge < -0.3 is 14.8 Å². The van der Waals surface area contributed by atoms with Crippen molar-refractivity contribution >= 4 is 39.8 Å². The Balaban J connectivity index is 1.37. The first kappa shape index (κ1) is 26.4. The minimum Gasteiger partial charge on any atom is -0.368 e. The van der Waals surface area contributed by atoms with Crippen LogP contribution in [-0.4, -0.2) is 52.8 Å². The number of likely N-dealkylation sites (N-methyl/N-ethyl adjacent to an activating group) is 1. The molecular weight excluding hydrogens is 482 g/mol. The molecule has 0 saturated heterocycles. The van der Waals surface area contributed by atoms with Crippen LogP contribution in [0.3, 0.4) is 0 Å². The summed E-state index contributed by atoms with van der Waals surface area (Å²) in [5.41, 5.74) is 8.89. The van der Waals surface area contributed by atoms with Gasteiger partial charge in [0.05, 0.1) is 11.7 Å². The molecule has 0 aliphatic carbocycles. The SMILES string of the molecule is CN(C)CCNc1nc(N/N=C/c2cn(Cc3ccc(C(C)(C)C)cc3)c3ccccc23)nc2ccccc12. The second-order valence-corrected chi connectivity index (χ2v) is 11.2. The van der Waals surface area contributed by atoms with E-state index in [-0.39, 0.29) is 5.41 Å². The fourth-order valence-corrected chi connectivity index (χ4v) is 4.63. The average Bonchev–Trinajstić information content (AvgIpc) is 3.25. The third-order valence-electron chi connectivity index (χ3n) is 6.82. The van der Waals surface area contributed by atoms with Crippen molar-refractivity contribution in [3.05, 3.63) is 95.7 Å². The minimum atomic E-state index is 0.146. The third kappa shape index (κ3) is 6.26. The molecule has 5 aromatic rings. The van der Waals surface area contributed by atoms with Gasteiger partial charge in [-0.1, -0.05) is 75.4 Å². The molecule has 0 radical (unpaired) electrons. The van der Waals surface area contributed by atoms with Gasteiger partial charge in [-0.05, 0) is 48.8 Å². The molecule has 2 N–H and O–H groups in total. The van der Waals surface area contributed by atoms with Crippen LogP contribution in [0, 0.1) is 0 Å². The highest BCUT2D eigenvalue weighted by Crippen LogP contribution is 2.25. The number of hydrogen-bond donors (Lipinski definition) is 2. The van der Waals surface area contributed by atoms with E-state index in [0.717, 1.165) is 47.3 Å². The highest BCUT2D eigenvalue weighted by Gasteiger charge is 2.13. The monoisotopic (exact) mass is 519 g/mol. The number of hydrazone groups is 1. The maximum atomic E-state index is 4.71. The molecule has 2 aromatic heterocycles. The summed E-state index contributed by atoms with van der Waals surface area (Å²) in [6, 6.07) is 25.4. The molecule has 0 amide bonds. The van der Waals surface area contributed by atoms with Crippen molar-refractivity contribution in [3.8, 4) is 0 Å². The topological polar surface area (TPSA) is 70.4 Å². The van der Waals surface area contributed by atoms with Crippen LogP contribution < -0.4 is 10.7 Å². The van der Waals surface area contributed by atoms with E-state index in [1.165, 1.54) is 16.6 Å². The molecule has 0 bridgehead atoms. The lowest BCUT2D eigenvalue weighted by atomic mass is 9.87. The number of aromatic nitrogens is 3. The maximum Gasteiger partial charge on any atom is 0.246 e. The molecule has 0 unspecified atom stereocenters. The minimum absolute atomic E-state index is 0.146. The number of fused-ring (bicyclic) bond motifs is 2. The van der Waals surface area contributed by atoms with Crippen LogP contribution in [0.1, 0.15) is 37.5 Å². The second kappa shape index (κ2) is 11.3. The van der Waals surface area contributed by atoms with Gasteiger partial charge in [-0.2, -0.15) is 10.1 Å². The van der Waals surface area contributed by atoms with E-state index in [1.54, 1.807) is 0 Å². The van der Waals surface area contributed by atoms with Crippen molar-refractivity contribution in [3.63, 3.8) is 0 Å². The van der Waals surface area contributed by atoms with E-state index in [2.05, 4.69) is 120 Å². The zero-order valence-electron chi connectivity index (χ0n) is 23.4. The summed E-state index contributed by atoms with van der Waals surface area (Å²) in [6.45, 7) is 9.22. The molecule has 7 heteroatoms. The lowest BCUT2D eigenvalue weighted by Gasteiger charge is -2.19. The summed E-state index contributed by atoms with van der Waals surface area (Å²) in [5, 5.41) is 10.1. The van der Waals surface area contributed by atoms with E-state index in [1.807, 2.05) is 30.5 Å². The Hall–Kier alpha value is -4.23. The highest BCUT2D eigenvalue weighted by molar-refractivity contribution is 5.99. The highest BCUT2D eigenvalue weighted by atomic mass is 15.4. The van der Waals surface area contributed by atoms with E-state index in [0.29, 0.717) is 5.95 Å². The van der Waals surface area contributed by atoms with Gasteiger partial charge in [0.1, 0.15) is 5.82 Å². The van der Waals surface area contributed by atoms with Gasteiger partial charge in [-0.15, -0.1) is 0 Å². The van der Waals surface area contributed by atoms with E-state index in [4.69, 9.17) is 4.98 Å². The number of rotatable bonds is 9. The van der Waals surface area contributed by atoms with Crippen LogP contribution in [0.25, 0.3) is 21.8 Å². The Morgan fingerprint density at radius 3 is 2.36 bits per heavy atom. The smallest absolute Gasteiger partial charge is 0.246 e. The molecule has 0 atom stereocenters. The van der Waals surface area contributed by atoms with Gasteiger partial charge in [-0.3, -0.25) is 0 Å². The number of hydrogen-bond acceptors (Lipinski definition) is 6. The Labute approximate surface area is 230 Å². The fraction of sp³-hybridized carbons (Fsp3) is 0.281. The van der Waals surface area contributed by atoms with E-state index < -0.39 is 0 Å². The molecule has 0 saturated carbocycles. The normalized spacial score (nSPS) is 12.2. The van der Waals surface area contributed by atoms with Gasteiger partial charge in [0.15, 0.2) is 0 Å². The third-order valence-corrected chi connectivity index (χ3v) is 6.82. The zero-order chi connectivity index (χ0) is 27.4. The quantitative estimate of drug-likeness (QED) is 0.175. The van der Waals surface area contributed by atoms with Gasteiger partial charge in [0, 0.05) is 47.7 Å². The molecule has 200 valence electrons. The van der Waals surface area contributed by atoms with Crippen LogP contribution >= 0.6 is 0 Å². The Kier molecular flexibility index (Phi) is 7.61. The van der Waals surface area contributed by atoms with Crippen LogP contribution in [0.15, 0.2) is 84.1 Å². The lowest BCUT2D eigenvalue weighted by molar-refractivity contribution is 0.425. The maximum absolute atomic E-state index is 4.71. The Bertz CT molecular complexity index is 1590. The molecule has 0 fully saturated rings. The number of para-hydroxylation sites is 2. The van der Waals surface area contributed by atoms with Crippen molar-refractivity contribution in [1.82, 2.24) is 19.4 Å². The van der Waals surface area contributed by atoms with Crippen LogP contribution in [0.5, 0.6) is 0 Å². The number of anilines is 2. The first-order valence-corrected chi connectivity index (χ1v) is 13.4. The van der Waals surface area contributed by atoms with E-state index in [9.17, 15) is 0 Å². The zero-order valence-corrected chi connectivity index (χ0v) is 23.4. The Morgan fingerprint density at radius 2 is 1.62 bits per heavy atom. The molecule has 7 nitrogen and oxygen atoms in total. The first-order valence-electron chi connectivity index (χ1n) is 13.4. The van der Waals surface area contributed by atoms with Crippen molar-refractivity contribution in [2.75, 3.05) is 37.9 Å². The summed E-state index contributed by atoms with van der Waals surface area (Å²) in [5.74, 6) is 1.26. The summed E-state index contributed by atoms with van der Waals surface area (Å²) in [4.78, 5) is 11.5. The van der Waals surface area contributed by atoms with Gasteiger partial charge in [0.25, 0.3) is 0 Å². The average molecular weight is 520 g/mol. The first-order chi connectivity index (χ1) is 18.8. The molecule has 39 heavy (non-hydrogen) atoms. The molecule has 5 rings (SSSR count). The summed E-state index contributed by atoms with van der Waals surface area (Å²) >= 11 is 0. The van der Waals surface area contributed by atoms with Crippen molar-refractivity contribution in [2.24, 2.45) is 5.10 Å². The number of nitrogens with one attached hydrogen (secondary N) is 2. The number of benzene rings is 3. The lowest BCUT2D eigenvalue weighted by Crippen LogP contribution is -2.21. The standard InChI is InChI=1S/C32H37N7/c1-32(2,3)25-16-14-23(15-17-25)21-39-22-24(26-10-7-9-13-29(26)39)20-34-37-31-35-28-12-8-6-11-27(28)30(36-31)33-18-19-38(4)5/h6-17,20,22H,18-19,21H2,1-5H3,(H2,33,35,36,37)/b34-20+. The van der Waals surface area contributed by atoms with Gasteiger partial charge in [-0.25, -0.2) is 10.4 Å². The summed E-state index contributed by atoms with van der Waals surface area (Å²) in [6.07, 6.45) is 4.00. The second-order valence-electron chi connectivity index (χ2n) is 11.2. The fourth-order valence-electron chi connectivity index (χ4n) is 4.63. The van der Waals surface area contributed by atoms with Crippen molar-refractivity contribution in [2.45, 2.75) is 32.7 Å². The van der Waals surface area contributed by atoms with Crippen LogP contribution in [0.2, 0.25) is 0 Å². The molecular formula is C32H37N7. The van der Waals surface area contributed by atoms with E-state index >= 15 is 0 Å². The molecule has 0 spiro atoms. The summed E-state index contributed by atoms with van der Waals surface area (Å²) < 4.78 is 2.28. The van der Waals surface area contributed by atoms with Gasteiger partial charge in [0.2, 0.25) is 5.95 Å². The largest absolute Gasteiger partial charge is 0.368 e. The molecule has 3 aromatic carbocycles. The molecule has 0 aliphatic heterocycles. The molecule has 0 aliphatic rings. The van der Waals surface area contributed by atoms with Crippen LogP contribution in [-0.2, 0) is 12.0 Å². The Morgan fingerprint density at radius 1 is 0.897 bits per heavy atom. The van der Waals surface area contributed by atoms with Crippen molar-refractivity contribution in [1.29, 1.82) is 0 Å². The van der Waals surface area contributed by atoms with Crippen LogP contribution in [0.4, 0.5) is 11.8 Å². The predicted octanol–water partition coefficient (Wildman–Crippen LogP) is 6.35. The van der Waals surface area contributed by atoms with Gasteiger partial charge >= 0.3 is 0 Å². The predicted molar refractivity (Wildman–Crippen MR) is 164 cm³/mol. The van der Waals surface area contributed by atoms with Crippen molar-refractivity contribution < 1.29 is 0 Å². The number of nitrogens with zero attached hydrogens (tertiary/aromatic N) is 5. The summed E-state index contributed by atoms with van der Waals surface area (Å²) in [7, 11) is 4.11. The molecule has 2 heterocycles.